The van der Waals surface area contributed by atoms with E-state index < -0.39 is 0 Å². The van der Waals surface area contributed by atoms with Crippen LogP contribution in [0.2, 0.25) is 0 Å². The van der Waals surface area contributed by atoms with E-state index in [2.05, 4.69) is 36.6 Å². The van der Waals surface area contributed by atoms with Gasteiger partial charge in [0, 0.05) is 10.8 Å². The zero-order chi connectivity index (χ0) is 12.1. The van der Waals surface area contributed by atoms with Crippen molar-refractivity contribution in [3.05, 3.63) is 41.3 Å². The molecular formula is C15H20OS. The SMILES string of the molecule is C/C(=C/Sc1ccccc1)[C@H]1CCCC[C@H]1O. The Morgan fingerprint density at radius 1 is 1.24 bits per heavy atom. The van der Waals surface area contributed by atoms with Crippen LogP contribution >= 0.6 is 11.8 Å². The molecule has 0 bridgehead atoms. The summed E-state index contributed by atoms with van der Waals surface area (Å²) in [6.07, 6.45) is 4.40. The molecule has 1 aromatic carbocycles. The van der Waals surface area contributed by atoms with Crippen LogP contribution in [-0.4, -0.2) is 11.2 Å². The highest BCUT2D eigenvalue weighted by Gasteiger charge is 2.23. The van der Waals surface area contributed by atoms with E-state index in [1.807, 2.05) is 6.07 Å². The van der Waals surface area contributed by atoms with Gasteiger partial charge in [0.15, 0.2) is 0 Å². The Balaban J connectivity index is 1.96. The summed E-state index contributed by atoms with van der Waals surface area (Å²) in [4.78, 5) is 1.26. The highest BCUT2D eigenvalue weighted by Crippen LogP contribution is 2.32. The molecule has 0 unspecified atom stereocenters. The summed E-state index contributed by atoms with van der Waals surface area (Å²) in [5, 5.41) is 12.2. The predicted molar refractivity (Wildman–Crippen MR) is 74.0 cm³/mol. The van der Waals surface area contributed by atoms with Crippen molar-refractivity contribution in [3.8, 4) is 0 Å². The average Bonchev–Trinajstić information content (AvgIpc) is 2.38. The molecule has 1 saturated carbocycles. The first-order valence-corrected chi connectivity index (χ1v) is 7.22. The van der Waals surface area contributed by atoms with Crippen molar-refractivity contribution < 1.29 is 5.11 Å². The average molecular weight is 248 g/mol. The van der Waals surface area contributed by atoms with Crippen molar-refractivity contribution in [2.24, 2.45) is 5.92 Å². The molecule has 1 aliphatic carbocycles. The summed E-state index contributed by atoms with van der Waals surface area (Å²) in [6.45, 7) is 2.15. The largest absolute Gasteiger partial charge is 0.393 e. The van der Waals surface area contributed by atoms with Crippen molar-refractivity contribution in [2.75, 3.05) is 0 Å². The highest BCUT2D eigenvalue weighted by atomic mass is 32.2. The molecule has 0 aromatic heterocycles. The molecule has 2 heteroatoms. The Morgan fingerprint density at radius 2 is 1.94 bits per heavy atom. The monoisotopic (exact) mass is 248 g/mol. The summed E-state index contributed by atoms with van der Waals surface area (Å²) in [5.74, 6) is 0.375. The van der Waals surface area contributed by atoms with Crippen LogP contribution < -0.4 is 0 Å². The van der Waals surface area contributed by atoms with E-state index in [4.69, 9.17) is 0 Å². The highest BCUT2D eigenvalue weighted by molar-refractivity contribution is 8.02. The summed E-state index contributed by atoms with van der Waals surface area (Å²) >= 11 is 1.75. The van der Waals surface area contributed by atoms with E-state index in [-0.39, 0.29) is 6.10 Å². The predicted octanol–water partition coefficient (Wildman–Crippen LogP) is 4.23. The maximum Gasteiger partial charge on any atom is 0.0605 e. The molecule has 0 amide bonds. The maximum absolute atomic E-state index is 9.99. The third-order valence-corrected chi connectivity index (χ3v) is 4.47. The molecule has 0 saturated heterocycles. The van der Waals surface area contributed by atoms with Gasteiger partial charge in [0.25, 0.3) is 0 Å². The first-order valence-electron chi connectivity index (χ1n) is 6.34. The fourth-order valence-corrected chi connectivity index (χ4v) is 3.20. The molecule has 1 fully saturated rings. The second kappa shape index (κ2) is 6.27. The molecule has 92 valence electrons. The summed E-state index contributed by atoms with van der Waals surface area (Å²) in [7, 11) is 0. The molecule has 1 N–H and O–H groups in total. The molecule has 1 aromatic rings. The van der Waals surface area contributed by atoms with Gasteiger partial charge in [0.2, 0.25) is 0 Å². The Labute approximate surface area is 108 Å². The minimum atomic E-state index is -0.128. The third-order valence-electron chi connectivity index (χ3n) is 3.44. The van der Waals surface area contributed by atoms with E-state index in [0.29, 0.717) is 5.92 Å². The lowest BCUT2D eigenvalue weighted by Crippen LogP contribution is -2.25. The van der Waals surface area contributed by atoms with E-state index in [0.717, 1.165) is 12.8 Å². The third kappa shape index (κ3) is 3.62. The summed E-state index contributed by atoms with van der Waals surface area (Å²) in [6, 6.07) is 10.4. The van der Waals surface area contributed by atoms with E-state index in [9.17, 15) is 5.11 Å². The number of rotatable bonds is 3. The van der Waals surface area contributed by atoms with Crippen molar-refractivity contribution in [1.82, 2.24) is 0 Å². The fraction of sp³-hybridized carbons (Fsp3) is 0.467. The van der Waals surface area contributed by atoms with Gasteiger partial charge in [-0.25, -0.2) is 0 Å². The molecule has 0 aliphatic heterocycles. The van der Waals surface area contributed by atoms with Crippen molar-refractivity contribution in [3.63, 3.8) is 0 Å². The maximum atomic E-state index is 9.99. The summed E-state index contributed by atoms with van der Waals surface area (Å²) < 4.78 is 0. The standard InChI is InChI=1S/C15H20OS/c1-12(14-9-5-6-10-15(14)16)11-17-13-7-3-2-4-8-13/h2-4,7-8,11,14-16H,5-6,9-10H2,1H3/b12-11-/t14-,15-/m1/s1. The molecule has 0 spiro atoms. The number of hydrogen-bond acceptors (Lipinski definition) is 2. The molecule has 1 nitrogen and oxygen atoms in total. The smallest absolute Gasteiger partial charge is 0.0605 e. The molecule has 1 aliphatic rings. The van der Waals surface area contributed by atoms with Gasteiger partial charge in [-0.15, -0.1) is 0 Å². The zero-order valence-corrected chi connectivity index (χ0v) is 11.1. The van der Waals surface area contributed by atoms with Gasteiger partial charge in [-0.1, -0.05) is 48.4 Å². The lowest BCUT2D eigenvalue weighted by atomic mass is 9.82. The number of thioether (sulfide) groups is 1. The van der Waals surface area contributed by atoms with Crippen LogP contribution in [0.5, 0.6) is 0 Å². The van der Waals surface area contributed by atoms with Gasteiger partial charge in [-0.3, -0.25) is 0 Å². The number of aliphatic hydroxyl groups is 1. The van der Waals surface area contributed by atoms with Crippen LogP contribution in [0.25, 0.3) is 0 Å². The second-order valence-electron chi connectivity index (χ2n) is 4.75. The van der Waals surface area contributed by atoms with Crippen LogP contribution in [0.15, 0.2) is 46.2 Å². The van der Waals surface area contributed by atoms with E-state index >= 15 is 0 Å². The molecule has 0 heterocycles. The Hall–Kier alpha value is -0.730. The lowest BCUT2D eigenvalue weighted by molar-refractivity contribution is 0.0876. The van der Waals surface area contributed by atoms with E-state index in [1.165, 1.54) is 23.3 Å². The van der Waals surface area contributed by atoms with Crippen LogP contribution in [-0.2, 0) is 0 Å². The molecule has 0 radical (unpaired) electrons. The van der Waals surface area contributed by atoms with E-state index in [1.54, 1.807) is 11.8 Å². The lowest BCUT2D eigenvalue weighted by Gasteiger charge is -2.28. The van der Waals surface area contributed by atoms with Crippen molar-refractivity contribution in [1.29, 1.82) is 0 Å². The van der Waals surface area contributed by atoms with Crippen LogP contribution in [0, 0.1) is 5.92 Å². The van der Waals surface area contributed by atoms with Gasteiger partial charge in [-0.2, -0.15) is 0 Å². The van der Waals surface area contributed by atoms with Gasteiger partial charge in [0.1, 0.15) is 0 Å². The quantitative estimate of drug-likeness (QED) is 0.808. The normalized spacial score (nSPS) is 25.9. The minimum Gasteiger partial charge on any atom is -0.393 e. The Bertz CT molecular complexity index is 372. The molecule has 2 rings (SSSR count). The molecule has 2 atom stereocenters. The van der Waals surface area contributed by atoms with Gasteiger partial charge < -0.3 is 5.11 Å². The van der Waals surface area contributed by atoms with Gasteiger partial charge in [-0.05, 0) is 37.3 Å². The van der Waals surface area contributed by atoms with Gasteiger partial charge >= 0.3 is 0 Å². The van der Waals surface area contributed by atoms with Gasteiger partial charge in [0.05, 0.1) is 6.10 Å². The first-order chi connectivity index (χ1) is 8.27. The second-order valence-corrected chi connectivity index (χ2v) is 5.69. The topological polar surface area (TPSA) is 20.2 Å². The Morgan fingerprint density at radius 3 is 2.65 bits per heavy atom. The van der Waals surface area contributed by atoms with Crippen molar-refractivity contribution in [2.45, 2.75) is 43.6 Å². The fourth-order valence-electron chi connectivity index (χ4n) is 2.39. The van der Waals surface area contributed by atoms with Crippen LogP contribution in [0.3, 0.4) is 0 Å². The molecule has 17 heavy (non-hydrogen) atoms. The number of hydrogen-bond donors (Lipinski definition) is 1. The zero-order valence-electron chi connectivity index (χ0n) is 10.3. The minimum absolute atomic E-state index is 0.128. The van der Waals surface area contributed by atoms with Crippen LogP contribution in [0.1, 0.15) is 32.6 Å². The number of aliphatic hydroxyl groups excluding tert-OH is 1. The Kier molecular flexibility index (Phi) is 4.69. The van der Waals surface area contributed by atoms with Crippen LogP contribution in [0.4, 0.5) is 0 Å². The molecular weight excluding hydrogens is 228 g/mol. The number of benzene rings is 1. The van der Waals surface area contributed by atoms with Crippen molar-refractivity contribution >= 4 is 11.8 Å². The summed E-state index contributed by atoms with van der Waals surface area (Å²) in [5.41, 5.74) is 1.33. The first kappa shape index (κ1) is 12.7.